The van der Waals surface area contributed by atoms with Gasteiger partial charge < -0.3 is 10.3 Å². The molecule has 0 aliphatic carbocycles. The number of nitrogens with two attached hydrogens (primary N) is 1. The third kappa shape index (κ3) is 1.62. The van der Waals surface area contributed by atoms with E-state index in [1.165, 1.54) is 0 Å². The highest BCUT2D eigenvalue weighted by Gasteiger charge is 2.09. The maximum Gasteiger partial charge on any atom is 0.131 e. The van der Waals surface area contributed by atoms with Crippen molar-refractivity contribution in [2.75, 3.05) is 0 Å². The molecule has 0 saturated carbocycles. The number of aromatic nitrogens is 2. The van der Waals surface area contributed by atoms with Gasteiger partial charge in [0.1, 0.15) is 11.0 Å². The second kappa shape index (κ2) is 3.92. The van der Waals surface area contributed by atoms with Crippen LogP contribution in [0.5, 0.6) is 0 Å². The smallest absolute Gasteiger partial charge is 0.131 e. The van der Waals surface area contributed by atoms with E-state index >= 15 is 0 Å². The van der Waals surface area contributed by atoms with Crippen molar-refractivity contribution in [3.8, 4) is 0 Å². The lowest BCUT2D eigenvalue weighted by Crippen LogP contribution is -2.04. The van der Waals surface area contributed by atoms with E-state index in [1.54, 1.807) is 0 Å². The van der Waals surface area contributed by atoms with Gasteiger partial charge in [-0.2, -0.15) is 0 Å². The van der Waals surface area contributed by atoms with E-state index < -0.39 is 0 Å². The first kappa shape index (κ1) is 9.55. The molecule has 1 aromatic rings. The molecule has 0 fully saturated rings. The van der Waals surface area contributed by atoms with Crippen LogP contribution in [-0.2, 0) is 20.0 Å². The van der Waals surface area contributed by atoms with Crippen molar-refractivity contribution in [1.29, 1.82) is 0 Å². The molecule has 0 spiro atoms. The number of aryl methyl sites for hydroxylation is 1. The van der Waals surface area contributed by atoms with Crippen LogP contribution in [0.2, 0.25) is 5.15 Å². The van der Waals surface area contributed by atoms with Crippen molar-refractivity contribution < 1.29 is 0 Å². The van der Waals surface area contributed by atoms with Gasteiger partial charge in [-0.25, -0.2) is 4.98 Å². The van der Waals surface area contributed by atoms with Crippen LogP contribution >= 0.6 is 11.6 Å². The Labute approximate surface area is 77.5 Å². The molecule has 12 heavy (non-hydrogen) atoms. The zero-order chi connectivity index (χ0) is 9.14. The van der Waals surface area contributed by atoms with Crippen LogP contribution in [0, 0.1) is 0 Å². The minimum absolute atomic E-state index is 0.444. The Hall–Kier alpha value is -0.540. The Kier molecular flexibility index (Phi) is 3.12. The average molecular weight is 188 g/mol. The zero-order valence-corrected chi connectivity index (χ0v) is 8.23. The second-order valence-corrected chi connectivity index (χ2v) is 3.14. The molecular weight excluding hydrogens is 174 g/mol. The van der Waals surface area contributed by atoms with Gasteiger partial charge in [0.25, 0.3) is 0 Å². The number of imidazole rings is 1. The molecule has 0 bridgehead atoms. The molecule has 0 aromatic carbocycles. The predicted molar refractivity (Wildman–Crippen MR) is 50.1 cm³/mol. The van der Waals surface area contributed by atoms with E-state index in [-0.39, 0.29) is 0 Å². The van der Waals surface area contributed by atoms with Gasteiger partial charge >= 0.3 is 0 Å². The third-order valence-corrected chi connectivity index (χ3v) is 2.32. The fourth-order valence-corrected chi connectivity index (χ4v) is 1.40. The van der Waals surface area contributed by atoms with Gasteiger partial charge in [-0.15, -0.1) is 0 Å². The number of halogens is 1. The summed E-state index contributed by atoms with van der Waals surface area (Å²) in [4.78, 5) is 4.32. The van der Waals surface area contributed by atoms with E-state index in [0.29, 0.717) is 6.54 Å². The van der Waals surface area contributed by atoms with E-state index in [2.05, 4.69) is 11.9 Å². The normalized spacial score (nSPS) is 10.7. The fraction of sp³-hybridized carbons (Fsp3) is 0.625. The lowest BCUT2D eigenvalue weighted by Gasteiger charge is -1.96. The number of rotatable bonds is 3. The second-order valence-electron chi connectivity index (χ2n) is 2.78. The summed E-state index contributed by atoms with van der Waals surface area (Å²) in [6.07, 6.45) is 1.98. The Morgan fingerprint density at radius 3 is 2.67 bits per heavy atom. The number of hydrogen-bond donors (Lipinski definition) is 1. The quantitative estimate of drug-likeness (QED) is 0.779. The summed E-state index contributed by atoms with van der Waals surface area (Å²) in [5, 5.41) is 0.720. The summed E-state index contributed by atoms with van der Waals surface area (Å²) in [7, 11) is 1.89. The predicted octanol–water partition coefficient (Wildman–Crippen LogP) is 1.48. The first-order chi connectivity index (χ1) is 5.70. The molecule has 0 saturated heterocycles. The van der Waals surface area contributed by atoms with E-state index in [0.717, 1.165) is 29.5 Å². The van der Waals surface area contributed by atoms with E-state index in [1.807, 2.05) is 11.6 Å². The van der Waals surface area contributed by atoms with Crippen molar-refractivity contribution in [3.63, 3.8) is 0 Å². The summed E-state index contributed by atoms with van der Waals surface area (Å²) in [5.41, 5.74) is 6.45. The molecule has 3 nitrogen and oxygen atoms in total. The first-order valence-corrected chi connectivity index (χ1v) is 4.48. The van der Waals surface area contributed by atoms with Crippen LogP contribution in [-0.4, -0.2) is 9.55 Å². The molecule has 68 valence electrons. The summed E-state index contributed by atoms with van der Waals surface area (Å²) in [6.45, 7) is 2.55. The Morgan fingerprint density at radius 2 is 2.25 bits per heavy atom. The molecule has 0 aliphatic rings. The van der Waals surface area contributed by atoms with E-state index in [4.69, 9.17) is 17.3 Å². The average Bonchev–Trinajstić information content (AvgIpc) is 2.33. The fourth-order valence-electron chi connectivity index (χ4n) is 1.16. The van der Waals surface area contributed by atoms with Gasteiger partial charge in [-0.3, -0.25) is 0 Å². The highest BCUT2D eigenvalue weighted by atomic mass is 35.5. The lowest BCUT2D eigenvalue weighted by atomic mass is 10.3. The molecule has 1 aromatic heterocycles. The minimum atomic E-state index is 0.444. The lowest BCUT2D eigenvalue weighted by molar-refractivity contribution is 0.793. The van der Waals surface area contributed by atoms with Gasteiger partial charge in [0.05, 0.1) is 12.2 Å². The van der Waals surface area contributed by atoms with Crippen LogP contribution in [0.25, 0.3) is 0 Å². The van der Waals surface area contributed by atoms with Crippen LogP contribution in [0.1, 0.15) is 24.9 Å². The first-order valence-electron chi connectivity index (χ1n) is 4.10. The maximum absolute atomic E-state index is 6.02. The van der Waals surface area contributed by atoms with Crippen molar-refractivity contribution in [1.82, 2.24) is 9.55 Å². The van der Waals surface area contributed by atoms with Gasteiger partial charge in [-0.1, -0.05) is 24.9 Å². The van der Waals surface area contributed by atoms with Crippen LogP contribution < -0.4 is 5.73 Å². The number of nitrogens with zero attached hydrogens (tertiary/aromatic N) is 2. The van der Waals surface area contributed by atoms with E-state index in [9.17, 15) is 0 Å². The van der Waals surface area contributed by atoms with Crippen molar-refractivity contribution in [2.45, 2.75) is 26.3 Å². The van der Waals surface area contributed by atoms with Gasteiger partial charge in [0.15, 0.2) is 0 Å². The summed E-state index contributed by atoms with van der Waals surface area (Å²) < 4.78 is 1.84. The molecule has 0 amide bonds. The third-order valence-electron chi connectivity index (χ3n) is 1.85. The minimum Gasteiger partial charge on any atom is -0.324 e. The SMILES string of the molecule is CCCc1nc(CN)n(C)c1Cl. The molecule has 0 radical (unpaired) electrons. The molecule has 1 rings (SSSR count). The Balaban J connectivity index is 2.98. The van der Waals surface area contributed by atoms with Crippen LogP contribution in [0.15, 0.2) is 0 Å². The number of hydrogen-bond acceptors (Lipinski definition) is 2. The Bertz CT molecular complexity index is 268. The van der Waals surface area contributed by atoms with Crippen molar-refractivity contribution in [2.24, 2.45) is 12.8 Å². The molecule has 1 heterocycles. The van der Waals surface area contributed by atoms with Gasteiger partial charge in [-0.05, 0) is 6.42 Å². The maximum atomic E-state index is 6.02. The monoisotopic (exact) mass is 187 g/mol. The van der Waals surface area contributed by atoms with Crippen molar-refractivity contribution >= 4 is 11.6 Å². The molecule has 0 aliphatic heterocycles. The summed E-state index contributed by atoms with van der Waals surface area (Å²) in [6, 6.07) is 0. The zero-order valence-electron chi connectivity index (χ0n) is 7.47. The van der Waals surface area contributed by atoms with Gasteiger partial charge in [0.2, 0.25) is 0 Å². The summed E-state index contributed by atoms with van der Waals surface area (Å²) >= 11 is 6.02. The molecule has 0 atom stereocenters. The highest BCUT2D eigenvalue weighted by molar-refractivity contribution is 6.30. The standard InChI is InChI=1S/C8H14ClN3/c1-3-4-6-8(9)12(2)7(5-10)11-6/h3-5,10H2,1-2H3. The molecular formula is C8H14ClN3. The van der Waals surface area contributed by atoms with Crippen LogP contribution in [0.4, 0.5) is 0 Å². The van der Waals surface area contributed by atoms with Gasteiger partial charge in [0, 0.05) is 7.05 Å². The molecule has 2 N–H and O–H groups in total. The summed E-state index contributed by atoms with van der Waals surface area (Å²) in [5.74, 6) is 0.850. The van der Waals surface area contributed by atoms with Crippen LogP contribution in [0.3, 0.4) is 0 Å². The molecule has 4 heteroatoms. The Morgan fingerprint density at radius 1 is 1.58 bits per heavy atom. The topological polar surface area (TPSA) is 43.8 Å². The molecule has 0 unspecified atom stereocenters. The largest absolute Gasteiger partial charge is 0.324 e. The highest BCUT2D eigenvalue weighted by Crippen LogP contribution is 2.17. The van der Waals surface area contributed by atoms with Crippen molar-refractivity contribution in [3.05, 3.63) is 16.7 Å².